The number of nitrogens with zero attached hydrogens (tertiary/aromatic N) is 2. The maximum absolute atomic E-state index is 10.9. The van der Waals surface area contributed by atoms with Gasteiger partial charge >= 0.3 is 0 Å². The van der Waals surface area contributed by atoms with Crippen molar-refractivity contribution in [1.82, 2.24) is 15.1 Å². The highest BCUT2D eigenvalue weighted by Crippen LogP contribution is 2.33. The number of carbonyl (C=O) groups is 1. The fraction of sp³-hybridized carbons (Fsp3) is 0.933. The zero-order valence-electron chi connectivity index (χ0n) is 12.6. The maximum Gasteiger partial charge on any atom is 0.231 e. The van der Waals surface area contributed by atoms with Crippen LogP contribution in [0.3, 0.4) is 0 Å². The molecule has 2 atom stereocenters. The summed E-state index contributed by atoms with van der Waals surface area (Å²) >= 11 is 0. The molecule has 3 rings (SSSR count). The molecule has 114 valence electrons. The minimum Gasteiger partial charge on any atom is -0.369 e. The van der Waals surface area contributed by atoms with Gasteiger partial charge in [0.1, 0.15) is 0 Å². The summed E-state index contributed by atoms with van der Waals surface area (Å²) in [6, 6.07) is 2.91. The van der Waals surface area contributed by atoms with E-state index in [1.165, 1.54) is 25.8 Å². The Hall–Kier alpha value is -0.650. The van der Waals surface area contributed by atoms with E-state index in [1.807, 2.05) is 0 Å². The van der Waals surface area contributed by atoms with Gasteiger partial charge in [-0.2, -0.15) is 0 Å². The third-order valence-electron chi connectivity index (χ3n) is 5.08. The van der Waals surface area contributed by atoms with Crippen LogP contribution >= 0.6 is 0 Å². The van der Waals surface area contributed by atoms with E-state index in [2.05, 4.69) is 22.0 Å². The van der Waals surface area contributed by atoms with Gasteiger partial charge in [0.05, 0.1) is 6.54 Å². The van der Waals surface area contributed by atoms with Crippen LogP contribution < -0.4 is 11.1 Å². The number of piperidine rings is 1. The van der Waals surface area contributed by atoms with E-state index >= 15 is 0 Å². The largest absolute Gasteiger partial charge is 0.369 e. The van der Waals surface area contributed by atoms with Crippen LogP contribution in [-0.4, -0.2) is 66.1 Å². The maximum atomic E-state index is 10.9. The predicted octanol–water partition coefficient (Wildman–Crippen LogP) is 0.151. The van der Waals surface area contributed by atoms with Crippen molar-refractivity contribution in [3.63, 3.8) is 0 Å². The summed E-state index contributed by atoms with van der Waals surface area (Å²) in [6.07, 6.45) is 6.38. The Balaban J connectivity index is 1.40. The molecule has 0 aromatic heterocycles. The molecule has 20 heavy (non-hydrogen) atoms. The number of nitrogens with one attached hydrogen (secondary N) is 1. The summed E-state index contributed by atoms with van der Waals surface area (Å²) in [6.45, 7) is 6.01. The van der Waals surface area contributed by atoms with Gasteiger partial charge in [0, 0.05) is 43.8 Å². The molecule has 2 heterocycles. The summed E-state index contributed by atoms with van der Waals surface area (Å²) in [5, 5.41) is 3.85. The second kappa shape index (κ2) is 6.00. The van der Waals surface area contributed by atoms with Crippen molar-refractivity contribution in [2.45, 2.75) is 63.2 Å². The van der Waals surface area contributed by atoms with Gasteiger partial charge in [0.15, 0.2) is 0 Å². The minimum absolute atomic E-state index is 0.207. The third-order valence-corrected chi connectivity index (χ3v) is 5.08. The van der Waals surface area contributed by atoms with Gasteiger partial charge in [-0.05, 0) is 39.0 Å². The second-order valence-corrected chi connectivity index (χ2v) is 6.89. The van der Waals surface area contributed by atoms with Crippen LogP contribution in [0.2, 0.25) is 0 Å². The number of likely N-dealkylation sites (tertiary alicyclic amines) is 2. The van der Waals surface area contributed by atoms with Crippen molar-refractivity contribution >= 4 is 5.91 Å². The summed E-state index contributed by atoms with van der Waals surface area (Å²) < 4.78 is 0. The summed E-state index contributed by atoms with van der Waals surface area (Å²) in [5.41, 5.74) is 5.25. The predicted molar refractivity (Wildman–Crippen MR) is 79.4 cm³/mol. The third kappa shape index (κ3) is 3.51. The zero-order chi connectivity index (χ0) is 14.1. The van der Waals surface area contributed by atoms with Crippen molar-refractivity contribution in [3.05, 3.63) is 0 Å². The van der Waals surface area contributed by atoms with E-state index in [-0.39, 0.29) is 5.91 Å². The highest BCUT2D eigenvalue weighted by molar-refractivity contribution is 5.75. The van der Waals surface area contributed by atoms with Gasteiger partial charge in [-0.15, -0.1) is 0 Å². The molecule has 2 aliphatic heterocycles. The van der Waals surface area contributed by atoms with Crippen molar-refractivity contribution in [1.29, 1.82) is 0 Å². The normalized spacial score (nSPS) is 33.6. The van der Waals surface area contributed by atoms with Crippen LogP contribution in [0.1, 0.15) is 39.0 Å². The lowest BCUT2D eigenvalue weighted by Crippen LogP contribution is -2.48. The van der Waals surface area contributed by atoms with Crippen LogP contribution in [0.4, 0.5) is 0 Å². The van der Waals surface area contributed by atoms with Gasteiger partial charge in [-0.3, -0.25) is 14.6 Å². The molecule has 1 amide bonds. The molecule has 5 nitrogen and oxygen atoms in total. The molecule has 1 saturated carbocycles. The molecule has 5 heteroatoms. The Morgan fingerprint density at radius 2 is 1.90 bits per heavy atom. The van der Waals surface area contributed by atoms with Gasteiger partial charge in [-0.25, -0.2) is 0 Å². The number of nitrogens with two attached hydrogens (primary N) is 1. The Labute approximate surface area is 121 Å². The first-order valence-corrected chi connectivity index (χ1v) is 8.14. The quantitative estimate of drug-likeness (QED) is 0.753. The van der Waals surface area contributed by atoms with E-state index in [0.717, 1.165) is 38.0 Å². The van der Waals surface area contributed by atoms with E-state index in [0.29, 0.717) is 18.6 Å². The summed E-state index contributed by atoms with van der Waals surface area (Å²) in [5.74, 6) is -0.207. The molecule has 3 aliphatic rings. The number of hydrogen-bond donors (Lipinski definition) is 2. The molecule has 0 aromatic carbocycles. The SMILES string of the molecule is CC1CC(NC2CCN(CC(N)=O)CC2)CN1C1CC1. The van der Waals surface area contributed by atoms with Crippen molar-refractivity contribution in [3.8, 4) is 0 Å². The first-order valence-electron chi connectivity index (χ1n) is 8.14. The molecule has 0 radical (unpaired) electrons. The number of primary amides is 1. The highest BCUT2D eigenvalue weighted by Gasteiger charge is 2.39. The van der Waals surface area contributed by atoms with Gasteiger partial charge in [0.2, 0.25) is 5.91 Å². The standard InChI is InChI=1S/C15H28N4O/c1-11-8-13(9-19(11)14-2-3-14)17-12-4-6-18(7-5-12)10-15(16)20/h11-14,17H,2-10H2,1H3,(H2,16,20). The van der Waals surface area contributed by atoms with Crippen molar-refractivity contribution in [2.24, 2.45) is 5.73 Å². The van der Waals surface area contributed by atoms with Crippen LogP contribution in [0, 0.1) is 0 Å². The molecule has 0 aromatic rings. The van der Waals surface area contributed by atoms with Crippen LogP contribution in [0.15, 0.2) is 0 Å². The van der Waals surface area contributed by atoms with Gasteiger partial charge in [0.25, 0.3) is 0 Å². The average molecular weight is 280 g/mol. The molecule has 1 aliphatic carbocycles. The van der Waals surface area contributed by atoms with E-state index in [9.17, 15) is 4.79 Å². The first kappa shape index (κ1) is 14.3. The Morgan fingerprint density at radius 1 is 1.20 bits per heavy atom. The van der Waals surface area contributed by atoms with Crippen molar-refractivity contribution < 1.29 is 4.79 Å². The van der Waals surface area contributed by atoms with Crippen LogP contribution in [-0.2, 0) is 4.79 Å². The van der Waals surface area contributed by atoms with Gasteiger partial charge < -0.3 is 11.1 Å². The monoisotopic (exact) mass is 280 g/mol. The van der Waals surface area contributed by atoms with Crippen molar-refractivity contribution in [2.75, 3.05) is 26.2 Å². The topological polar surface area (TPSA) is 61.6 Å². The smallest absolute Gasteiger partial charge is 0.231 e. The molecule has 3 fully saturated rings. The number of carbonyl (C=O) groups excluding carboxylic acids is 1. The number of rotatable bonds is 5. The fourth-order valence-corrected chi connectivity index (χ4v) is 3.90. The van der Waals surface area contributed by atoms with Crippen LogP contribution in [0.5, 0.6) is 0 Å². The Kier molecular flexibility index (Phi) is 4.29. The molecule has 0 spiro atoms. The fourth-order valence-electron chi connectivity index (χ4n) is 3.90. The van der Waals surface area contributed by atoms with E-state index in [1.54, 1.807) is 0 Å². The lowest BCUT2D eigenvalue weighted by molar-refractivity contribution is -0.119. The number of amides is 1. The summed E-state index contributed by atoms with van der Waals surface area (Å²) in [7, 11) is 0. The zero-order valence-corrected chi connectivity index (χ0v) is 12.6. The van der Waals surface area contributed by atoms with Gasteiger partial charge in [-0.1, -0.05) is 0 Å². The number of hydrogen-bond acceptors (Lipinski definition) is 4. The molecule has 0 bridgehead atoms. The Morgan fingerprint density at radius 3 is 2.50 bits per heavy atom. The molecular weight excluding hydrogens is 252 g/mol. The molecule has 2 saturated heterocycles. The first-order chi connectivity index (χ1) is 9.61. The van der Waals surface area contributed by atoms with E-state index in [4.69, 9.17) is 5.73 Å². The minimum atomic E-state index is -0.207. The average Bonchev–Trinajstić information content (AvgIpc) is 3.16. The lowest BCUT2D eigenvalue weighted by atomic mass is 10.0. The Bertz CT molecular complexity index is 350. The molecule has 2 unspecified atom stereocenters. The van der Waals surface area contributed by atoms with E-state index < -0.39 is 0 Å². The molecule has 3 N–H and O–H groups in total. The molecular formula is C15H28N4O. The summed E-state index contributed by atoms with van der Waals surface area (Å²) in [4.78, 5) is 15.8. The van der Waals surface area contributed by atoms with Crippen LogP contribution in [0.25, 0.3) is 0 Å². The lowest BCUT2D eigenvalue weighted by Gasteiger charge is -2.33. The second-order valence-electron chi connectivity index (χ2n) is 6.89. The highest BCUT2D eigenvalue weighted by atomic mass is 16.1.